The van der Waals surface area contributed by atoms with Crippen molar-refractivity contribution < 1.29 is 9.13 Å². The van der Waals surface area contributed by atoms with E-state index in [2.05, 4.69) is 21.4 Å². The van der Waals surface area contributed by atoms with Gasteiger partial charge in [0.25, 0.3) is 0 Å². The summed E-state index contributed by atoms with van der Waals surface area (Å²) in [6, 6.07) is 5.94. The lowest BCUT2D eigenvalue weighted by Crippen LogP contribution is -2.46. The van der Waals surface area contributed by atoms with Crippen LogP contribution in [0.3, 0.4) is 0 Å². The average molecular weight is 396 g/mol. The zero-order chi connectivity index (χ0) is 20.4. The molecule has 4 rings (SSSR count). The van der Waals surface area contributed by atoms with Crippen LogP contribution in [0.2, 0.25) is 0 Å². The van der Waals surface area contributed by atoms with E-state index in [1.54, 1.807) is 0 Å². The number of pyridine rings is 1. The molecule has 0 aromatic carbocycles. The van der Waals surface area contributed by atoms with Crippen molar-refractivity contribution in [3.05, 3.63) is 40.5 Å². The van der Waals surface area contributed by atoms with Crippen LogP contribution in [0.1, 0.15) is 41.2 Å². The average Bonchev–Trinajstić information content (AvgIpc) is 2.71. The molecule has 152 valence electrons. The number of piperidine rings is 1. The first-order chi connectivity index (χ1) is 14.0. The van der Waals surface area contributed by atoms with Crippen molar-refractivity contribution in [1.82, 2.24) is 15.0 Å². The molecule has 0 amide bonds. The molecule has 0 atom stereocenters. The predicted molar refractivity (Wildman–Crippen MR) is 108 cm³/mol. The Morgan fingerprint density at radius 3 is 2.76 bits per heavy atom. The summed E-state index contributed by atoms with van der Waals surface area (Å²) in [5.74, 6) is 1.99. The maximum Gasteiger partial charge on any atom is 0.146 e. The number of halogens is 1. The minimum Gasteiger partial charge on any atom is -0.376 e. The Morgan fingerprint density at radius 2 is 2.03 bits per heavy atom. The summed E-state index contributed by atoms with van der Waals surface area (Å²) in [6.07, 6.45) is 1.49. The van der Waals surface area contributed by atoms with Crippen molar-refractivity contribution >= 4 is 11.6 Å². The zero-order valence-electron chi connectivity index (χ0n) is 16.8. The van der Waals surface area contributed by atoms with Crippen LogP contribution in [0.15, 0.2) is 12.1 Å². The van der Waals surface area contributed by atoms with Gasteiger partial charge in [-0.2, -0.15) is 5.26 Å². The number of nitriles is 1. The van der Waals surface area contributed by atoms with Gasteiger partial charge in [0.2, 0.25) is 0 Å². The summed E-state index contributed by atoms with van der Waals surface area (Å²) in [6.45, 7) is 6.12. The standard InChI is InChI=1S/C21H25FN6O/c1-14-9-19(26-15(2)25-14)24-13-21(22)4-6-28(7-5-21)20-16(11-23)10-17-12-29-8-3-18(17)27-20/h9-10H,3-8,12-13H2,1-2H3,(H,24,25,26). The van der Waals surface area contributed by atoms with E-state index in [-0.39, 0.29) is 6.54 Å². The van der Waals surface area contributed by atoms with Crippen LogP contribution in [0, 0.1) is 25.2 Å². The predicted octanol–water partition coefficient (Wildman–Crippen LogP) is 2.85. The number of nitrogens with zero attached hydrogens (tertiary/aromatic N) is 5. The minimum absolute atomic E-state index is 0.205. The van der Waals surface area contributed by atoms with Crippen LogP contribution in [0.5, 0.6) is 0 Å². The Balaban J connectivity index is 1.43. The molecular formula is C21H25FN6O. The highest BCUT2D eigenvalue weighted by Crippen LogP contribution is 2.32. The largest absolute Gasteiger partial charge is 0.376 e. The number of ether oxygens (including phenoxy) is 1. The van der Waals surface area contributed by atoms with E-state index < -0.39 is 5.67 Å². The molecule has 1 fully saturated rings. The number of hydrogen-bond acceptors (Lipinski definition) is 7. The molecule has 0 bridgehead atoms. The summed E-state index contributed by atoms with van der Waals surface area (Å²) >= 11 is 0. The van der Waals surface area contributed by atoms with Gasteiger partial charge in [0, 0.05) is 49.7 Å². The zero-order valence-corrected chi connectivity index (χ0v) is 16.8. The normalized spacial score (nSPS) is 18.1. The molecule has 2 aliphatic heterocycles. The maximum absolute atomic E-state index is 15.4. The number of aromatic nitrogens is 3. The van der Waals surface area contributed by atoms with Crippen molar-refractivity contribution in [2.45, 2.75) is 45.4 Å². The first-order valence-electron chi connectivity index (χ1n) is 9.96. The number of aryl methyl sites for hydroxylation is 2. The SMILES string of the molecule is Cc1cc(NCC2(F)CCN(c3nc4c(cc3C#N)COCC4)CC2)nc(C)n1. The molecule has 0 spiro atoms. The Bertz CT molecular complexity index is 929. The lowest BCUT2D eigenvalue weighted by atomic mass is 9.92. The maximum atomic E-state index is 15.4. The summed E-state index contributed by atoms with van der Waals surface area (Å²) in [5.41, 5.74) is 2.03. The second-order valence-corrected chi connectivity index (χ2v) is 7.81. The molecule has 7 nitrogen and oxygen atoms in total. The number of alkyl halides is 1. The number of hydrogen-bond donors (Lipinski definition) is 1. The molecule has 0 saturated carbocycles. The van der Waals surface area contributed by atoms with E-state index in [0.29, 0.717) is 62.2 Å². The lowest BCUT2D eigenvalue weighted by molar-refractivity contribution is 0.109. The van der Waals surface area contributed by atoms with Crippen LogP contribution >= 0.6 is 0 Å². The van der Waals surface area contributed by atoms with Gasteiger partial charge in [-0.25, -0.2) is 19.3 Å². The van der Waals surface area contributed by atoms with Gasteiger partial charge in [-0.3, -0.25) is 0 Å². The molecule has 2 aromatic rings. The van der Waals surface area contributed by atoms with Crippen LogP contribution < -0.4 is 10.2 Å². The van der Waals surface area contributed by atoms with Crippen LogP contribution in [0.4, 0.5) is 16.0 Å². The monoisotopic (exact) mass is 396 g/mol. The van der Waals surface area contributed by atoms with Gasteiger partial charge in [0.1, 0.15) is 29.2 Å². The number of anilines is 2. The number of fused-ring (bicyclic) bond motifs is 1. The van der Waals surface area contributed by atoms with Crippen molar-refractivity contribution in [1.29, 1.82) is 5.26 Å². The molecule has 1 saturated heterocycles. The summed E-state index contributed by atoms with van der Waals surface area (Å²) in [4.78, 5) is 15.3. The first-order valence-corrected chi connectivity index (χ1v) is 9.96. The Morgan fingerprint density at radius 1 is 1.24 bits per heavy atom. The lowest BCUT2D eigenvalue weighted by Gasteiger charge is -2.37. The third kappa shape index (κ3) is 4.30. The summed E-state index contributed by atoms with van der Waals surface area (Å²) < 4.78 is 20.8. The van der Waals surface area contributed by atoms with Crippen LogP contribution in [-0.2, 0) is 17.8 Å². The fourth-order valence-electron chi connectivity index (χ4n) is 3.95. The highest BCUT2D eigenvalue weighted by molar-refractivity contribution is 5.56. The quantitative estimate of drug-likeness (QED) is 0.850. The van der Waals surface area contributed by atoms with Gasteiger partial charge < -0.3 is 15.0 Å². The topological polar surface area (TPSA) is 87.0 Å². The molecule has 29 heavy (non-hydrogen) atoms. The molecule has 0 aliphatic carbocycles. The van der Waals surface area contributed by atoms with E-state index >= 15 is 4.39 Å². The molecule has 8 heteroatoms. The molecule has 2 aliphatic rings. The number of nitrogens with one attached hydrogen (secondary N) is 1. The van der Waals surface area contributed by atoms with Gasteiger partial charge in [-0.15, -0.1) is 0 Å². The Hall–Kier alpha value is -2.79. The summed E-state index contributed by atoms with van der Waals surface area (Å²) in [7, 11) is 0. The van der Waals surface area contributed by atoms with Crippen molar-refractivity contribution in [3.63, 3.8) is 0 Å². The highest BCUT2D eigenvalue weighted by Gasteiger charge is 2.35. The van der Waals surface area contributed by atoms with Crippen LogP contribution in [0.25, 0.3) is 0 Å². The van der Waals surface area contributed by atoms with Crippen LogP contribution in [-0.4, -0.2) is 46.9 Å². The third-order valence-corrected chi connectivity index (χ3v) is 5.54. The fraction of sp³-hybridized carbons (Fsp3) is 0.524. The van der Waals surface area contributed by atoms with E-state index in [9.17, 15) is 5.26 Å². The highest BCUT2D eigenvalue weighted by atomic mass is 19.1. The van der Waals surface area contributed by atoms with Gasteiger partial charge in [-0.05, 0) is 19.9 Å². The Kier molecular flexibility index (Phi) is 5.33. The fourth-order valence-corrected chi connectivity index (χ4v) is 3.95. The van der Waals surface area contributed by atoms with E-state index in [1.165, 1.54) is 0 Å². The number of rotatable bonds is 4. The molecule has 4 heterocycles. The second-order valence-electron chi connectivity index (χ2n) is 7.81. The molecular weight excluding hydrogens is 371 g/mol. The smallest absolute Gasteiger partial charge is 0.146 e. The molecule has 2 aromatic heterocycles. The molecule has 0 unspecified atom stereocenters. The van der Waals surface area contributed by atoms with E-state index in [0.717, 1.165) is 23.4 Å². The minimum atomic E-state index is -1.32. The second kappa shape index (κ2) is 7.91. The third-order valence-electron chi connectivity index (χ3n) is 5.54. The molecule has 1 N–H and O–H groups in total. The van der Waals surface area contributed by atoms with Gasteiger partial charge in [0.15, 0.2) is 0 Å². The molecule has 0 radical (unpaired) electrons. The summed E-state index contributed by atoms with van der Waals surface area (Å²) in [5, 5.41) is 12.7. The van der Waals surface area contributed by atoms with Gasteiger partial charge in [-0.1, -0.05) is 0 Å². The van der Waals surface area contributed by atoms with Crippen molar-refractivity contribution in [3.8, 4) is 6.07 Å². The van der Waals surface area contributed by atoms with Gasteiger partial charge in [0.05, 0.1) is 31.0 Å². The Labute approximate surface area is 169 Å². The first kappa shape index (κ1) is 19.5. The van der Waals surface area contributed by atoms with E-state index in [1.807, 2.05) is 30.9 Å². The van der Waals surface area contributed by atoms with Crippen molar-refractivity contribution in [2.24, 2.45) is 0 Å². The van der Waals surface area contributed by atoms with Gasteiger partial charge >= 0.3 is 0 Å². The van der Waals surface area contributed by atoms with Crippen molar-refractivity contribution in [2.75, 3.05) is 36.5 Å². The van der Waals surface area contributed by atoms with E-state index in [4.69, 9.17) is 9.72 Å².